The number of fused-ring (bicyclic) bond motifs is 1. The molecule has 1 fully saturated rings. The van der Waals surface area contributed by atoms with Gasteiger partial charge in [0.25, 0.3) is 5.91 Å². The minimum absolute atomic E-state index is 0.152. The summed E-state index contributed by atoms with van der Waals surface area (Å²) in [6.45, 7) is 3.75. The summed E-state index contributed by atoms with van der Waals surface area (Å²) in [4.78, 5) is 27.1. The molecule has 2 heterocycles. The fourth-order valence-electron chi connectivity index (χ4n) is 3.55. The van der Waals surface area contributed by atoms with E-state index >= 15 is 0 Å². The lowest BCUT2D eigenvalue weighted by atomic mass is 9.97. The molecule has 0 aliphatic carbocycles. The van der Waals surface area contributed by atoms with Gasteiger partial charge in [0.15, 0.2) is 6.61 Å². The number of esters is 1. The zero-order valence-electron chi connectivity index (χ0n) is 15.4. The second-order valence-electron chi connectivity index (χ2n) is 6.71. The zero-order chi connectivity index (χ0) is 19.7. The van der Waals surface area contributed by atoms with Crippen LogP contribution in [0.4, 0.5) is 0 Å². The van der Waals surface area contributed by atoms with Gasteiger partial charge in [-0.2, -0.15) is 0 Å². The van der Waals surface area contributed by atoms with Crippen molar-refractivity contribution in [1.82, 2.24) is 4.90 Å². The summed E-state index contributed by atoms with van der Waals surface area (Å²) in [5.74, 6) is -0.299. The number of carbonyl (C=O) groups excluding carboxylic acids is 2. The van der Waals surface area contributed by atoms with Crippen LogP contribution in [-0.2, 0) is 9.53 Å². The molecule has 2 atom stereocenters. The van der Waals surface area contributed by atoms with Crippen LogP contribution in [0.25, 0.3) is 10.1 Å². The van der Waals surface area contributed by atoms with E-state index in [0.717, 1.165) is 30.6 Å². The predicted octanol–water partition coefficient (Wildman–Crippen LogP) is 5.16. The molecule has 5 nitrogen and oxygen atoms in total. The standard InChI is InChI=1S/C19H21Cl2NO4S/c1-10-5-4-6-11(2)22(10)14(23)9-26-19(24)18-15(20)12-7-8-13(25-3)16(21)17(12)27-18/h7-8,10-11H,4-6,9H2,1-3H3/t10-,11-/m1/s1. The number of nitrogens with zero attached hydrogens (tertiary/aromatic N) is 1. The largest absolute Gasteiger partial charge is 0.495 e. The summed E-state index contributed by atoms with van der Waals surface area (Å²) < 4.78 is 11.1. The molecular formula is C19H21Cl2NO4S. The molecule has 1 aromatic heterocycles. The molecule has 8 heteroatoms. The average Bonchev–Trinajstić information content (AvgIpc) is 2.98. The monoisotopic (exact) mass is 429 g/mol. The zero-order valence-corrected chi connectivity index (χ0v) is 17.7. The number of ether oxygens (including phenoxy) is 2. The van der Waals surface area contributed by atoms with Crippen molar-refractivity contribution in [2.24, 2.45) is 0 Å². The minimum Gasteiger partial charge on any atom is -0.495 e. The Kier molecular flexibility index (Phi) is 6.18. The van der Waals surface area contributed by atoms with Crippen LogP contribution in [0.15, 0.2) is 12.1 Å². The maximum Gasteiger partial charge on any atom is 0.350 e. The van der Waals surface area contributed by atoms with Crippen molar-refractivity contribution in [2.45, 2.75) is 45.2 Å². The van der Waals surface area contributed by atoms with Crippen LogP contribution in [0, 0.1) is 0 Å². The Hall–Kier alpha value is -1.50. The lowest BCUT2D eigenvalue weighted by Crippen LogP contribution is -2.49. The van der Waals surface area contributed by atoms with E-state index in [9.17, 15) is 9.59 Å². The summed E-state index contributed by atoms with van der Waals surface area (Å²) in [7, 11) is 1.52. The number of hydrogen-bond donors (Lipinski definition) is 0. The van der Waals surface area contributed by atoms with Gasteiger partial charge in [-0.25, -0.2) is 4.79 Å². The molecule has 2 aromatic rings. The first kappa shape index (κ1) is 20.2. The van der Waals surface area contributed by atoms with Gasteiger partial charge < -0.3 is 14.4 Å². The third kappa shape index (κ3) is 3.89. The van der Waals surface area contributed by atoms with Gasteiger partial charge in [0, 0.05) is 17.5 Å². The maximum absolute atomic E-state index is 12.5. The number of methoxy groups -OCH3 is 1. The predicted molar refractivity (Wildman–Crippen MR) is 108 cm³/mol. The number of rotatable bonds is 4. The normalized spacial score (nSPS) is 20.0. The summed E-state index contributed by atoms with van der Waals surface area (Å²) in [6, 6.07) is 3.75. The first-order chi connectivity index (χ1) is 12.8. The van der Waals surface area contributed by atoms with E-state index in [2.05, 4.69) is 0 Å². The third-order valence-electron chi connectivity index (χ3n) is 4.92. The van der Waals surface area contributed by atoms with E-state index in [0.29, 0.717) is 20.9 Å². The number of halogens is 2. The topological polar surface area (TPSA) is 55.8 Å². The maximum atomic E-state index is 12.5. The van der Waals surface area contributed by atoms with E-state index in [4.69, 9.17) is 32.7 Å². The van der Waals surface area contributed by atoms with Crippen LogP contribution >= 0.6 is 34.5 Å². The van der Waals surface area contributed by atoms with Gasteiger partial charge in [0.1, 0.15) is 15.6 Å². The number of amides is 1. The summed E-state index contributed by atoms with van der Waals surface area (Å²) in [6.07, 6.45) is 3.03. The molecule has 1 aromatic carbocycles. The van der Waals surface area contributed by atoms with E-state index in [1.54, 1.807) is 12.1 Å². The SMILES string of the molecule is COc1ccc2c(Cl)c(C(=O)OCC(=O)N3[C@H](C)CCC[C@H]3C)sc2c1Cl. The van der Waals surface area contributed by atoms with Crippen molar-refractivity contribution >= 4 is 56.5 Å². The highest BCUT2D eigenvalue weighted by atomic mass is 35.5. The van der Waals surface area contributed by atoms with Gasteiger partial charge in [-0.3, -0.25) is 4.79 Å². The van der Waals surface area contributed by atoms with Crippen LogP contribution in [0.1, 0.15) is 42.8 Å². The van der Waals surface area contributed by atoms with Crippen molar-refractivity contribution in [1.29, 1.82) is 0 Å². The van der Waals surface area contributed by atoms with Crippen LogP contribution in [0.5, 0.6) is 5.75 Å². The molecule has 0 unspecified atom stereocenters. The van der Waals surface area contributed by atoms with Gasteiger partial charge >= 0.3 is 5.97 Å². The molecule has 1 amide bonds. The molecule has 0 saturated carbocycles. The van der Waals surface area contributed by atoms with Gasteiger partial charge in [0.05, 0.1) is 16.8 Å². The van der Waals surface area contributed by atoms with Crippen molar-refractivity contribution < 1.29 is 19.1 Å². The number of likely N-dealkylation sites (tertiary alicyclic amines) is 1. The van der Waals surface area contributed by atoms with Gasteiger partial charge in [-0.1, -0.05) is 23.2 Å². The number of hydrogen-bond acceptors (Lipinski definition) is 5. The molecule has 1 aliphatic heterocycles. The minimum atomic E-state index is -0.623. The van der Waals surface area contributed by atoms with Crippen molar-refractivity contribution in [3.05, 3.63) is 27.1 Å². The lowest BCUT2D eigenvalue weighted by molar-refractivity contribution is -0.140. The van der Waals surface area contributed by atoms with Gasteiger partial charge in [-0.15, -0.1) is 11.3 Å². The molecule has 1 saturated heterocycles. The molecule has 0 spiro atoms. The first-order valence-corrected chi connectivity index (χ1v) is 10.3. The van der Waals surface area contributed by atoms with Crippen LogP contribution in [0.2, 0.25) is 10.0 Å². The molecule has 27 heavy (non-hydrogen) atoms. The molecule has 3 rings (SSSR count). The fraction of sp³-hybridized carbons (Fsp3) is 0.474. The van der Waals surface area contributed by atoms with Crippen molar-refractivity contribution in [2.75, 3.05) is 13.7 Å². The van der Waals surface area contributed by atoms with Crippen molar-refractivity contribution in [3.63, 3.8) is 0 Å². The molecule has 0 bridgehead atoms. The number of benzene rings is 1. The first-order valence-electron chi connectivity index (χ1n) is 8.78. The highest BCUT2D eigenvalue weighted by molar-refractivity contribution is 7.22. The number of piperidine rings is 1. The Balaban J connectivity index is 1.75. The highest BCUT2D eigenvalue weighted by Gasteiger charge is 2.30. The van der Waals surface area contributed by atoms with Crippen molar-refractivity contribution in [3.8, 4) is 5.75 Å². The second-order valence-corrected chi connectivity index (χ2v) is 8.49. The van der Waals surface area contributed by atoms with E-state index < -0.39 is 5.97 Å². The van der Waals surface area contributed by atoms with Crippen LogP contribution in [0.3, 0.4) is 0 Å². The summed E-state index contributed by atoms with van der Waals surface area (Å²) >= 11 is 13.8. The van der Waals surface area contributed by atoms with Crippen LogP contribution < -0.4 is 4.74 Å². The van der Waals surface area contributed by atoms with Gasteiger partial charge in [-0.05, 0) is 45.2 Å². The molecule has 146 valence electrons. The van der Waals surface area contributed by atoms with E-state index in [1.165, 1.54) is 7.11 Å². The second kappa shape index (κ2) is 8.25. The van der Waals surface area contributed by atoms with Gasteiger partial charge in [0.2, 0.25) is 0 Å². The Morgan fingerprint density at radius 1 is 1.19 bits per heavy atom. The number of thiophene rings is 1. The summed E-state index contributed by atoms with van der Waals surface area (Å²) in [5, 5.41) is 1.33. The quantitative estimate of drug-likeness (QED) is 0.629. The average molecular weight is 430 g/mol. The summed E-state index contributed by atoms with van der Waals surface area (Å²) in [5.41, 5.74) is 0. The Labute approximate surface area is 172 Å². The van der Waals surface area contributed by atoms with E-state index in [1.807, 2.05) is 18.7 Å². The van der Waals surface area contributed by atoms with Crippen LogP contribution in [-0.4, -0.2) is 42.6 Å². The Morgan fingerprint density at radius 3 is 2.48 bits per heavy atom. The molecular weight excluding hydrogens is 409 g/mol. The molecule has 0 N–H and O–H groups in total. The number of carbonyl (C=O) groups is 2. The highest BCUT2D eigenvalue weighted by Crippen LogP contribution is 2.43. The fourth-order valence-corrected chi connectivity index (χ4v) is 5.33. The Bertz CT molecular complexity index is 872. The Morgan fingerprint density at radius 2 is 1.85 bits per heavy atom. The third-order valence-corrected chi connectivity index (χ3v) is 7.11. The lowest BCUT2D eigenvalue weighted by Gasteiger charge is -2.38. The molecule has 1 aliphatic rings. The van der Waals surface area contributed by atoms with E-state index in [-0.39, 0.29) is 34.5 Å². The smallest absolute Gasteiger partial charge is 0.350 e. The molecule has 0 radical (unpaired) electrons.